The normalized spacial score (nSPS) is 11.6. The number of hydrogen-bond acceptors (Lipinski definition) is 3. The third-order valence-corrected chi connectivity index (χ3v) is 3.65. The minimum absolute atomic E-state index is 0.646. The second kappa shape index (κ2) is 8.65. The predicted molar refractivity (Wildman–Crippen MR) is 96.0 cm³/mol. The van der Waals surface area contributed by atoms with E-state index in [1.807, 2.05) is 19.1 Å². The molecule has 2 aromatic rings. The maximum Gasteiger partial charge on any atom is 0.0991 e. The van der Waals surface area contributed by atoms with Gasteiger partial charge in [-0.1, -0.05) is 49.7 Å². The Balaban J connectivity index is 2.00. The summed E-state index contributed by atoms with van der Waals surface area (Å²) in [5.41, 5.74) is 4.84. The standard InChI is InChI=1S/C20H21N3/c1-3-4-5-17-6-8-19(9-7-17)15-22-23-16(2)20-12-10-18(14-21)11-13-20/h6-13,15H,3-5H2,1-2H3. The number of rotatable bonds is 6. The van der Waals surface area contributed by atoms with Crippen LogP contribution < -0.4 is 0 Å². The molecule has 0 aliphatic rings. The van der Waals surface area contributed by atoms with E-state index in [0.29, 0.717) is 5.56 Å². The molecule has 23 heavy (non-hydrogen) atoms. The van der Waals surface area contributed by atoms with Crippen LogP contribution in [0.5, 0.6) is 0 Å². The SMILES string of the molecule is CCCCc1ccc(C=NN=C(C)c2ccc(C#N)cc2)cc1. The van der Waals surface area contributed by atoms with Gasteiger partial charge in [-0.3, -0.25) is 0 Å². The lowest BCUT2D eigenvalue weighted by Crippen LogP contribution is -1.93. The molecule has 0 radical (unpaired) electrons. The van der Waals surface area contributed by atoms with Gasteiger partial charge < -0.3 is 0 Å². The monoisotopic (exact) mass is 303 g/mol. The van der Waals surface area contributed by atoms with Crippen molar-refractivity contribution >= 4 is 11.9 Å². The van der Waals surface area contributed by atoms with Gasteiger partial charge in [0.1, 0.15) is 0 Å². The summed E-state index contributed by atoms with van der Waals surface area (Å²) in [7, 11) is 0. The van der Waals surface area contributed by atoms with Crippen molar-refractivity contribution in [3.63, 3.8) is 0 Å². The van der Waals surface area contributed by atoms with E-state index in [1.54, 1.807) is 18.3 Å². The van der Waals surface area contributed by atoms with Gasteiger partial charge in [0.25, 0.3) is 0 Å². The van der Waals surface area contributed by atoms with Gasteiger partial charge in [-0.05, 0) is 48.6 Å². The van der Waals surface area contributed by atoms with Crippen LogP contribution in [0, 0.1) is 11.3 Å². The van der Waals surface area contributed by atoms with Crippen LogP contribution in [-0.4, -0.2) is 11.9 Å². The van der Waals surface area contributed by atoms with Crippen molar-refractivity contribution in [2.75, 3.05) is 0 Å². The van der Waals surface area contributed by atoms with Crippen LogP contribution in [0.3, 0.4) is 0 Å². The first-order chi connectivity index (χ1) is 11.2. The van der Waals surface area contributed by atoms with Crippen LogP contribution in [0.25, 0.3) is 0 Å². The van der Waals surface area contributed by atoms with E-state index in [4.69, 9.17) is 5.26 Å². The molecule has 0 heterocycles. The van der Waals surface area contributed by atoms with Gasteiger partial charge in [-0.2, -0.15) is 15.5 Å². The highest BCUT2D eigenvalue weighted by molar-refractivity contribution is 5.99. The Morgan fingerprint density at radius 3 is 2.39 bits per heavy atom. The van der Waals surface area contributed by atoms with Crippen molar-refractivity contribution < 1.29 is 0 Å². The maximum atomic E-state index is 8.80. The molecule has 0 bridgehead atoms. The molecular formula is C20H21N3. The molecule has 116 valence electrons. The average molecular weight is 303 g/mol. The van der Waals surface area contributed by atoms with Gasteiger partial charge in [0.05, 0.1) is 23.6 Å². The second-order valence-electron chi connectivity index (χ2n) is 5.46. The molecule has 3 heteroatoms. The molecule has 0 saturated heterocycles. The van der Waals surface area contributed by atoms with Crippen LogP contribution in [-0.2, 0) is 6.42 Å². The fraction of sp³-hybridized carbons (Fsp3) is 0.250. The minimum atomic E-state index is 0.646. The Bertz CT molecular complexity index is 717. The van der Waals surface area contributed by atoms with Gasteiger partial charge >= 0.3 is 0 Å². The van der Waals surface area contributed by atoms with Gasteiger partial charge in [-0.15, -0.1) is 0 Å². The molecule has 0 amide bonds. The third-order valence-electron chi connectivity index (χ3n) is 3.65. The van der Waals surface area contributed by atoms with Gasteiger partial charge in [0.2, 0.25) is 0 Å². The summed E-state index contributed by atoms with van der Waals surface area (Å²) in [6.07, 6.45) is 5.33. The zero-order chi connectivity index (χ0) is 16.5. The Hall–Kier alpha value is -2.73. The molecule has 0 unspecified atom stereocenters. The van der Waals surface area contributed by atoms with Gasteiger partial charge in [0.15, 0.2) is 0 Å². The fourth-order valence-electron chi connectivity index (χ4n) is 2.18. The molecule has 2 aromatic carbocycles. The van der Waals surface area contributed by atoms with Crippen molar-refractivity contribution in [1.29, 1.82) is 5.26 Å². The smallest absolute Gasteiger partial charge is 0.0991 e. The lowest BCUT2D eigenvalue weighted by Gasteiger charge is -2.00. The summed E-state index contributed by atoms with van der Waals surface area (Å²) in [4.78, 5) is 0. The Morgan fingerprint density at radius 2 is 1.78 bits per heavy atom. The van der Waals surface area contributed by atoms with Gasteiger partial charge in [0, 0.05) is 0 Å². The van der Waals surface area contributed by atoms with Crippen molar-refractivity contribution in [3.8, 4) is 6.07 Å². The Kier molecular flexibility index (Phi) is 6.26. The topological polar surface area (TPSA) is 48.5 Å². The lowest BCUT2D eigenvalue weighted by atomic mass is 10.1. The molecule has 0 saturated carbocycles. The minimum Gasteiger partial charge on any atom is -0.192 e. The van der Waals surface area contributed by atoms with Crippen molar-refractivity contribution in [2.45, 2.75) is 33.1 Å². The number of benzene rings is 2. The number of nitrogens with zero attached hydrogens (tertiary/aromatic N) is 3. The summed E-state index contributed by atoms with van der Waals surface area (Å²) < 4.78 is 0. The van der Waals surface area contributed by atoms with Crippen LogP contribution >= 0.6 is 0 Å². The predicted octanol–water partition coefficient (Wildman–Crippen LogP) is 4.74. The zero-order valence-corrected chi connectivity index (χ0v) is 13.7. The molecule has 0 fully saturated rings. The Labute approximate surface area is 138 Å². The summed E-state index contributed by atoms with van der Waals surface area (Å²) in [5, 5.41) is 17.2. The first-order valence-corrected chi connectivity index (χ1v) is 7.90. The third kappa shape index (κ3) is 5.19. The summed E-state index contributed by atoms with van der Waals surface area (Å²) in [6, 6.07) is 17.9. The van der Waals surface area contributed by atoms with E-state index in [1.165, 1.54) is 18.4 Å². The number of aryl methyl sites for hydroxylation is 1. The van der Waals surface area contributed by atoms with Crippen molar-refractivity contribution in [1.82, 2.24) is 0 Å². The zero-order valence-electron chi connectivity index (χ0n) is 13.7. The van der Waals surface area contributed by atoms with E-state index < -0.39 is 0 Å². The fourth-order valence-corrected chi connectivity index (χ4v) is 2.18. The second-order valence-corrected chi connectivity index (χ2v) is 5.46. The first-order valence-electron chi connectivity index (χ1n) is 7.90. The quantitative estimate of drug-likeness (QED) is 0.561. The summed E-state index contributed by atoms with van der Waals surface area (Å²) in [6.45, 7) is 4.11. The lowest BCUT2D eigenvalue weighted by molar-refractivity contribution is 0.795. The highest BCUT2D eigenvalue weighted by Gasteiger charge is 1.97. The number of hydrogen-bond donors (Lipinski definition) is 0. The first kappa shape index (κ1) is 16.6. The molecule has 2 rings (SSSR count). The largest absolute Gasteiger partial charge is 0.192 e. The van der Waals surface area contributed by atoms with E-state index in [9.17, 15) is 0 Å². The molecular weight excluding hydrogens is 282 g/mol. The van der Waals surface area contributed by atoms with Gasteiger partial charge in [-0.25, -0.2) is 0 Å². The van der Waals surface area contributed by atoms with Crippen molar-refractivity contribution in [2.24, 2.45) is 10.2 Å². The van der Waals surface area contributed by atoms with E-state index >= 15 is 0 Å². The van der Waals surface area contributed by atoms with Crippen LogP contribution in [0.2, 0.25) is 0 Å². The molecule has 3 nitrogen and oxygen atoms in total. The van der Waals surface area contributed by atoms with Crippen LogP contribution in [0.4, 0.5) is 0 Å². The maximum absolute atomic E-state index is 8.80. The van der Waals surface area contributed by atoms with Crippen LogP contribution in [0.1, 0.15) is 48.9 Å². The van der Waals surface area contributed by atoms with Crippen molar-refractivity contribution in [3.05, 3.63) is 70.8 Å². The molecule has 0 aromatic heterocycles. The Morgan fingerprint density at radius 1 is 1.09 bits per heavy atom. The molecule has 0 aliphatic carbocycles. The highest BCUT2D eigenvalue weighted by atomic mass is 15.2. The summed E-state index contributed by atoms with van der Waals surface area (Å²) in [5.74, 6) is 0. The van der Waals surface area contributed by atoms with Crippen LogP contribution in [0.15, 0.2) is 58.7 Å². The molecule has 0 aliphatic heterocycles. The van der Waals surface area contributed by atoms with E-state index in [2.05, 4.69) is 47.5 Å². The molecule has 0 spiro atoms. The van der Waals surface area contributed by atoms with E-state index in [0.717, 1.165) is 23.3 Å². The highest BCUT2D eigenvalue weighted by Crippen LogP contribution is 2.07. The number of unbranched alkanes of at least 4 members (excludes halogenated alkanes) is 1. The molecule has 0 N–H and O–H groups in total. The average Bonchev–Trinajstić information content (AvgIpc) is 2.61. The van der Waals surface area contributed by atoms with E-state index in [-0.39, 0.29) is 0 Å². The summed E-state index contributed by atoms with van der Waals surface area (Å²) >= 11 is 0. The number of nitriles is 1. The molecule has 0 atom stereocenters.